The minimum Gasteiger partial charge on any atom is -0.481 e. The van der Waals surface area contributed by atoms with Crippen LogP contribution in [-0.4, -0.2) is 34.0 Å². The number of hydrogen-bond acceptors (Lipinski definition) is 3. The van der Waals surface area contributed by atoms with Gasteiger partial charge in [-0.15, -0.1) is 0 Å². The van der Waals surface area contributed by atoms with Gasteiger partial charge in [-0.05, 0) is 63.2 Å². The van der Waals surface area contributed by atoms with Gasteiger partial charge in [0, 0.05) is 0 Å². The van der Waals surface area contributed by atoms with Gasteiger partial charge in [0.2, 0.25) is 0 Å². The second kappa shape index (κ2) is 4.45. The molecular weight excluding hydrogens is 268 g/mol. The van der Waals surface area contributed by atoms with Crippen molar-refractivity contribution in [3.63, 3.8) is 0 Å². The van der Waals surface area contributed by atoms with E-state index in [0.717, 1.165) is 44.9 Å². The highest BCUT2D eigenvalue weighted by molar-refractivity contribution is 5.78. The molecule has 2 N–H and O–H groups in total. The summed E-state index contributed by atoms with van der Waals surface area (Å²) in [4.78, 5) is 12.3. The number of hydrogen-bond donors (Lipinski definition) is 2. The molecule has 2 unspecified atom stereocenters. The van der Waals surface area contributed by atoms with Gasteiger partial charge in [-0.3, -0.25) is 4.79 Å². The van der Waals surface area contributed by atoms with Crippen LogP contribution in [0.25, 0.3) is 0 Å². The summed E-state index contributed by atoms with van der Waals surface area (Å²) in [6.07, 6.45) is 9.76. The molecule has 3 aliphatic carbocycles. The standard InChI is InChI=1S/C17H26O4/c18-11-15-8-3-9-16(10-15,14(19)20)17(21-15,12-4-1-5-12)13-6-2-7-13/h12-13,18H,1-11H2,(H,19,20). The van der Waals surface area contributed by atoms with Crippen LogP contribution in [0, 0.1) is 17.3 Å². The first kappa shape index (κ1) is 14.0. The molecule has 2 atom stereocenters. The van der Waals surface area contributed by atoms with Crippen LogP contribution < -0.4 is 0 Å². The summed E-state index contributed by atoms with van der Waals surface area (Å²) in [6.45, 7) is -0.0246. The molecule has 4 fully saturated rings. The largest absolute Gasteiger partial charge is 0.481 e. The van der Waals surface area contributed by atoms with Crippen LogP contribution in [0.1, 0.15) is 64.2 Å². The van der Waals surface area contributed by atoms with Crippen LogP contribution in [0.5, 0.6) is 0 Å². The number of rotatable bonds is 4. The summed E-state index contributed by atoms with van der Waals surface area (Å²) < 4.78 is 6.65. The number of aliphatic hydroxyl groups excluding tert-OH is 1. The molecule has 0 aromatic heterocycles. The number of carboxylic acid groups (broad SMARTS) is 1. The molecule has 2 bridgehead atoms. The van der Waals surface area contributed by atoms with Crippen molar-refractivity contribution in [1.29, 1.82) is 0 Å². The lowest BCUT2D eigenvalue weighted by molar-refractivity contribution is -0.225. The molecule has 4 heteroatoms. The summed E-state index contributed by atoms with van der Waals surface area (Å²) in [5.41, 5.74) is -1.82. The van der Waals surface area contributed by atoms with Gasteiger partial charge in [-0.1, -0.05) is 12.8 Å². The first-order valence-electron chi connectivity index (χ1n) is 8.63. The van der Waals surface area contributed by atoms with Gasteiger partial charge in [0.05, 0.1) is 17.8 Å². The fourth-order valence-electron chi connectivity index (χ4n) is 5.79. The van der Waals surface area contributed by atoms with Crippen molar-refractivity contribution in [2.24, 2.45) is 17.3 Å². The Bertz CT molecular complexity index is 440. The predicted octanol–water partition coefficient (Wildman–Crippen LogP) is 2.73. The molecular formula is C17H26O4. The minimum absolute atomic E-state index is 0.0246. The molecule has 0 radical (unpaired) electrons. The number of ether oxygens (including phenoxy) is 1. The van der Waals surface area contributed by atoms with Crippen LogP contribution in [0.3, 0.4) is 0 Å². The van der Waals surface area contributed by atoms with Crippen molar-refractivity contribution in [1.82, 2.24) is 0 Å². The molecule has 0 amide bonds. The summed E-state index contributed by atoms with van der Waals surface area (Å²) in [5.74, 6) is 0.118. The zero-order valence-electron chi connectivity index (χ0n) is 12.6. The Hall–Kier alpha value is -0.610. The molecule has 118 valence electrons. The maximum absolute atomic E-state index is 12.3. The molecule has 3 saturated carbocycles. The van der Waals surface area contributed by atoms with Gasteiger partial charge in [0.25, 0.3) is 0 Å². The number of fused-ring (bicyclic) bond motifs is 2. The number of aliphatic hydroxyl groups is 1. The molecule has 21 heavy (non-hydrogen) atoms. The molecule has 1 aliphatic heterocycles. The summed E-state index contributed by atoms with van der Waals surface area (Å²) >= 11 is 0. The quantitative estimate of drug-likeness (QED) is 0.836. The van der Waals surface area contributed by atoms with Crippen molar-refractivity contribution >= 4 is 5.97 Å². The van der Waals surface area contributed by atoms with Crippen molar-refractivity contribution in [2.45, 2.75) is 75.4 Å². The molecule has 4 nitrogen and oxygen atoms in total. The van der Waals surface area contributed by atoms with E-state index in [2.05, 4.69) is 0 Å². The van der Waals surface area contributed by atoms with E-state index < -0.39 is 22.6 Å². The Morgan fingerprint density at radius 1 is 1.05 bits per heavy atom. The fraction of sp³-hybridized carbons (Fsp3) is 0.941. The van der Waals surface area contributed by atoms with Crippen LogP contribution in [0.2, 0.25) is 0 Å². The Morgan fingerprint density at radius 2 is 1.67 bits per heavy atom. The van der Waals surface area contributed by atoms with E-state index in [1.807, 2.05) is 0 Å². The van der Waals surface area contributed by atoms with E-state index in [0.29, 0.717) is 18.3 Å². The average molecular weight is 294 g/mol. The normalized spacial score (nSPS) is 42.3. The van der Waals surface area contributed by atoms with E-state index >= 15 is 0 Å². The predicted molar refractivity (Wildman–Crippen MR) is 76.9 cm³/mol. The van der Waals surface area contributed by atoms with Gasteiger partial charge in [-0.2, -0.15) is 0 Å². The summed E-state index contributed by atoms with van der Waals surface area (Å²) in [5, 5.41) is 20.1. The molecule has 4 aliphatic rings. The smallest absolute Gasteiger partial charge is 0.312 e. The summed E-state index contributed by atoms with van der Waals surface area (Å²) in [6, 6.07) is 0. The molecule has 0 aromatic carbocycles. The van der Waals surface area contributed by atoms with E-state index in [1.165, 1.54) is 12.8 Å². The molecule has 0 aromatic rings. The van der Waals surface area contributed by atoms with Crippen molar-refractivity contribution in [3.05, 3.63) is 0 Å². The number of aliphatic carboxylic acids is 1. The number of carbonyl (C=O) groups is 1. The first-order valence-corrected chi connectivity index (χ1v) is 8.63. The van der Waals surface area contributed by atoms with E-state index in [9.17, 15) is 15.0 Å². The lowest BCUT2D eigenvalue weighted by Gasteiger charge is -2.56. The van der Waals surface area contributed by atoms with Gasteiger partial charge >= 0.3 is 5.97 Å². The molecule has 1 saturated heterocycles. The Labute approximate surface area is 125 Å². The van der Waals surface area contributed by atoms with Crippen LogP contribution in [0.15, 0.2) is 0 Å². The van der Waals surface area contributed by atoms with Crippen molar-refractivity contribution < 1.29 is 19.7 Å². The highest BCUT2D eigenvalue weighted by atomic mass is 16.5. The topological polar surface area (TPSA) is 66.8 Å². The Kier molecular flexibility index (Phi) is 2.97. The first-order chi connectivity index (χ1) is 10.1. The van der Waals surface area contributed by atoms with E-state index in [1.54, 1.807) is 0 Å². The molecule has 0 spiro atoms. The van der Waals surface area contributed by atoms with Gasteiger partial charge in [-0.25, -0.2) is 0 Å². The van der Waals surface area contributed by atoms with E-state index in [-0.39, 0.29) is 6.61 Å². The van der Waals surface area contributed by atoms with Crippen molar-refractivity contribution in [3.8, 4) is 0 Å². The molecule has 1 heterocycles. The maximum Gasteiger partial charge on any atom is 0.312 e. The number of carboxylic acids is 1. The van der Waals surface area contributed by atoms with Crippen LogP contribution in [-0.2, 0) is 9.53 Å². The van der Waals surface area contributed by atoms with Gasteiger partial charge in [0.15, 0.2) is 0 Å². The van der Waals surface area contributed by atoms with Crippen LogP contribution >= 0.6 is 0 Å². The van der Waals surface area contributed by atoms with Gasteiger partial charge < -0.3 is 14.9 Å². The lowest BCUT2D eigenvalue weighted by atomic mass is 9.49. The minimum atomic E-state index is -0.746. The second-order valence-corrected chi connectivity index (χ2v) is 7.91. The maximum atomic E-state index is 12.3. The van der Waals surface area contributed by atoms with Crippen molar-refractivity contribution in [2.75, 3.05) is 6.61 Å². The highest BCUT2D eigenvalue weighted by Crippen LogP contribution is 2.69. The van der Waals surface area contributed by atoms with Gasteiger partial charge in [0.1, 0.15) is 5.41 Å². The SMILES string of the molecule is O=C(O)C12CCCC(CO)(C1)OC2(C1CCC1)C1CCC1. The monoisotopic (exact) mass is 294 g/mol. The lowest BCUT2D eigenvalue weighted by Crippen LogP contribution is -2.62. The second-order valence-electron chi connectivity index (χ2n) is 7.91. The Balaban J connectivity index is 1.84. The third-order valence-corrected chi connectivity index (χ3v) is 7.11. The third-order valence-electron chi connectivity index (χ3n) is 7.11. The van der Waals surface area contributed by atoms with E-state index in [4.69, 9.17) is 4.74 Å². The van der Waals surface area contributed by atoms with Crippen LogP contribution in [0.4, 0.5) is 0 Å². The zero-order valence-corrected chi connectivity index (χ0v) is 12.6. The zero-order chi connectivity index (χ0) is 14.7. The average Bonchev–Trinajstić information content (AvgIpc) is 2.53. The third kappa shape index (κ3) is 1.56. The molecule has 4 rings (SSSR count). The fourth-order valence-corrected chi connectivity index (χ4v) is 5.79. The summed E-state index contributed by atoms with van der Waals surface area (Å²) in [7, 11) is 0. The Morgan fingerprint density at radius 3 is 2.10 bits per heavy atom. The highest BCUT2D eigenvalue weighted by Gasteiger charge is 2.74.